The third-order valence-corrected chi connectivity index (χ3v) is 7.07. The molecule has 7 nitrogen and oxygen atoms in total. The highest BCUT2D eigenvalue weighted by molar-refractivity contribution is 7.99. The van der Waals surface area contributed by atoms with Gasteiger partial charge in [-0.15, -0.1) is 22.0 Å². The number of ether oxygens (including phenoxy) is 1. The number of carbonyl (C=O) groups excluding carboxylic acids is 1. The van der Waals surface area contributed by atoms with Crippen molar-refractivity contribution in [2.24, 2.45) is 0 Å². The predicted molar refractivity (Wildman–Crippen MR) is 121 cm³/mol. The van der Waals surface area contributed by atoms with E-state index in [1.807, 2.05) is 42.5 Å². The van der Waals surface area contributed by atoms with Crippen LogP contribution in [0.15, 0.2) is 64.5 Å². The smallest absolute Gasteiger partial charge is 0.338 e. The van der Waals surface area contributed by atoms with Crippen molar-refractivity contribution in [3.05, 3.63) is 71.3 Å². The number of nitrogens with one attached hydrogen (secondary N) is 1. The van der Waals surface area contributed by atoms with E-state index in [0.29, 0.717) is 21.9 Å². The Bertz CT molecular complexity index is 1170. The standard InChI is InChI=1S/C22H23N3O4S2/c1-15-13-18(14-19(16(15)2)22(26)29-3)31(27,28)23-11-12-30-21-10-9-20(24-25-21)17-7-5-4-6-8-17/h4-10,13-14,23H,11-12H2,1-3H3. The minimum atomic E-state index is -3.77. The predicted octanol–water partition coefficient (Wildman–Crippen LogP) is 3.62. The lowest BCUT2D eigenvalue weighted by Crippen LogP contribution is -2.26. The maximum Gasteiger partial charge on any atom is 0.338 e. The second-order valence-corrected chi connectivity index (χ2v) is 9.66. The monoisotopic (exact) mass is 457 g/mol. The second-order valence-electron chi connectivity index (χ2n) is 6.77. The number of esters is 1. The van der Waals surface area contributed by atoms with Crippen LogP contribution in [0.2, 0.25) is 0 Å². The van der Waals surface area contributed by atoms with Crippen molar-refractivity contribution in [3.8, 4) is 11.3 Å². The van der Waals surface area contributed by atoms with Crippen LogP contribution in [0.25, 0.3) is 11.3 Å². The van der Waals surface area contributed by atoms with Crippen molar-refractivity contribution in [2.75, 3.05) is 19.4 Å². The van der Waals surface area contributed by atoms with Crippen LogP contribution in [0.3, 0.4) is 0 Å². The quantitative estimate of drug-likeness (QED) is 0.313. The van der Waals surface area contributed by atoms with Gasteiger partial charge in [0.2, 0.25) is 10.0 Å². The third-order valence-electron chi connectivity index (χ3n) is 4.71. The molecule has 0 aliphatic rings. The normalized spacial score (nSPS) is 11.3. The summed E-state index contributed by atoms with van der Waals surface area (Å²) in [5.74, 6) is -0.0847. The number of hydrogen-bond donors (Lipinski definition) is 1. The van der Waals surface area contributed by atoms with E-state index in [-0.39, 0.29) is 17.0 Å². The fraction of sp³-hybridized carbons (Fsp3) is 0.227. The molecule has 0 aliphatic heterocycles. The van der Waals surface area contributed by atoms with E-state index < -0.39 is 16.0 Å². The van der Waals surface area contributed by atoms with Crippen LogP contribution in [-0.4, -0.2) is 44.0 Å². The molecule has 162 valence electrons. The van der Waals surface area contributed by atoms with Crippen LogP contribution in [0.5, 0.6) is 0 Å². The summed E-state index contributed by atoms with van der Waals surface area (Å²) in [5, 5.41) is 9.12. The molecule has 3 aromatic rings. The molecule has 31 heavy (non-hydrogen) atoms. The lowest BCUT2D eigenvalue weighted by Gasteiger charge is -2.12. The number of aryl methyl sites for hydroxylation is 1. The fourth-order valence-electron chi connectivity index (χ4n) is 2.88. The summed E-state index contributed by atoms with van der Waals surface area (Å²) >= 11 is 1.40. The van der Waals surface area contributed by atoms with Gasteiger partial charge in [0.05, 0.1) is 23.3 Å². The van der Waals surface area contributed by atoms with E-state index in [0.717, 1.165) is 11.3 Å². The minimum absolute atomic E-state index is 0.0352. The van der Waals surface area contributed by atoms with E-state index in [9.17, 15) is 13.2 Å². The van der Waals surface area contributed by atoms with Crippen LogP contribution in [0.1, 0.15) is 21.5 Å². The molecule has 0 saturated heterocycles. The Morgan fingerprint density at radius 3 is 2.45 bits per heavy atom. The van der Waals surface area contributed by atoms with E-state index in [4.69, 9.17) is 4.74 Å². The minimum Gasteiger partial charge on any atom is -0.465 e. The molecule has 0 bridgehead atoms. The first-order valence-electron chi connectivity index (χ1n) is 9.53. The highest BCUT2D eigenvalue weighted by Gasteiger charge is 2.20. The lowest BCUT2D eigenvalue weighted by molar-refractivity contribution is 0.0599. The van der Waals surface area contributed by atoms with E-state index in [1.165, 1.54) is 24.9 Å². The number of thioether (sulfide) groups is 1. The van der Waals surface area contributed by atoms with Gasteiger partial charge in [-0.05, 0) is 49.2 Å². The summed E-state index contributed by atoms with van der Waals surface area (Å²) in [6.07, 6.45) is 0. The van der Waals surface area contributed by atoms with Crippen LogP contribution in [0.4, 0.5) is 0 Å². The molecule has 2 aromatic carbocycles. The number of nitrogens with zero attached hydrogens (tertiary/aromatic N) is 2. The molecule has 0 saturated carbocycles. The van der Waals surface area contributed by atoms with Crippen molar-refractivity contribution in [1.82, 2.24) is 14.9 Å². The number of sulfonamides is 1. The molecule has 0 unspecified atom stereocenters. The molecule has 1 aromatic heterocycles. The molecule has 0 spiro atoms. The number of methoxy groups -OCH3 is 1. The molecule has 3 rings (SSSR count). The Hall–Kier alpha value is -2.75. The Kier molecular flexibility index (Phi) is 7.42. The van der Waals surface area contributed by atoms with Crippen LogP contribution in [-0.2, 0) is 14.8 Å². The number of carbonyl (C=O) groups is 1. The molecule has 0 radical (unpaired) electrons. The Morgan fingerprint density at radius 1 is 1.06 bits per heavy atom. The summed E-state index contributed by atoms with van der Waals surface area (Å²) in [6, 6.07) is 16.4. The average molecular weight is 458 g/mol. The first-order chi connectivity index (χ1) is 14.8. The SMILES string of the molecule is COC(=O)c1cc(S(=O)(=O)NCCSc2ccc(-c3ccccc3)nn2)cc(C)c1C. The van der Waals surface area contributed by atoms with E-state index in [1.54, 1.807) is 19.9 Å². The number of hydrogen-bond acceptors (Lipinski definition) is 7. The van der Waals surface area contributed by atoms with Gasteiger partial charge in [0.15, 0.2) is 0 Å². The Morgan fingerprint density at radius 2 is 1.81 bits per heavy atom. The van der Waals surface area contributed by atoms with Crippen molar-refractivity contribution in [3.63, 3.8) is 0 Å². The van der Waals surface area contributed by atoms with Gasteiger partial charge in [-0.25, -0.2) is 17.9 Å². The summed E-state index contributed by atoms with van der Waals surface area (Å²) < 4.78 is 32.7. The summed E-state index contributed by atoms with van der Waals surface area (Å²) in [7, 11) is -2.50. The van der Waals surface area contributed by atoms with Crippen molar-refractivity contribution in [1.29, 1.82) is 0 Å². The fourth-order valence-corrected chi connectivity index (χ4v) is 4.83. The first kappa shape index (κ1) is 22.9. The van der Waals surface area contributed by atoms with Crippen LogP contribution in [0, 0.1) is 13.8 Å². The molecule has 0 amide bonds. The Balaban J connectivity index is 1.60. The molecule has 0 atom stereocenters. The van der Waals surface area contributed by atoms with Crippen molar-refractivity contribution in [2.45, 2.75) is 23.8 Å². The van der Waals surface area contributed by atoms with Crippen LogP contribution >= 0.6 is 11.8 Å². The third kappa shape index (κ3) is 5.69. The van der Waals surface area contributed by atoms with Gasteiger partial charge in [-0.3, -0.25) is 0 Å². The summed E-state index contributed by atoms with van der Waals surface area (Å²) in [6.45, 7) is 3.72. The molecular formula is C22H23N3O4S2. The molecule has 1 heterocycles. The zero-order valence-electron chi connectivity index (χ0n) is 17.5. The van der Waals surface area contributed by atoms with Crippen molar-refractivity contribution >= 4 is 27.8 Å². The van der Waals surface area contributed by atoms with Gasteiger partial charge in [0, 0.05) is 17.9 Å². The topological polar surface area (TPSA) is 98.2 Å². The lowest BCUT2D eigenvalue weighted by atomic mass is 10.0. The van der Waals surface area contributed by atoms with E-state index in [2.05, 4.69) is 14.9 Å². The second kappa shape index (κ2) is 10.0. The maximum absolute atomic E-state index is 12.7. The molecule has 0 fully saturated rings. The van der Waals surface area contributed by atoms with Gasteiger partial charge in [0.25, 0.3) is 0 Å². The van der Waals surface area contributed by atoms with Gasteiger partial charge in [0.1, 0.15) is 5.03 Å². The molecular weight excluding hydrogens is 434 g/mol. The largest absolute Gasteiger partial charge is 0.465 e. The molecule has 0 aliphatic carbocycles. The average Bonchev–Trinajstić information content (AvgIpc) is 2.79. The van der Waals surface area contributed by atoms with E-state index >= 15 is 0 Å². The summed E-state index contributed by atoms with van der Waals surface area (Å²) in [5.41, 5.74) is 3.40. The van der Waals surface area contributed by atoms with Gasteiger partial charge in [-0.2, -0.15) is 0 Å². The number of rotatable bonds is 8. The zero-order valence-corrected chi connectivity index (χ0v) is 19.1. The number of aromatic nitrogens is 2. The van der Waals surface area contributed by atoms with Crippen molar-refractivity contribution < 1.29 is 17.9 Å². The highest BCUT2D eigenvalue weighted by atomic mass is 32.2. The highest BCUT2D eigenvalue weighted by Crippen LogP contribution is 2.22. The summed E-state index contributed by atoms with van der Waals surface area (Å²) in [4.78, 5) is 12.0. The maximum atomic E-state index is 12.7. The van der Waals surface area contributed by atoms with Gasteiger partial charge >= 0.3 is 5.97 Å². The van der Waals surface area contributed by atoms with Gasteiger partial charge in [-0.1, -0.05) is 30.3 Å². The van der Waals surface area contributed by atoms with Crippen LogP contribution < -0.4 is 4.72 Å². The zero-order chi connectivity index (χ0) is 22.4. The Labute approximate surface area is 186 Å². The molecule has 9 heteroatoms. The first-order valence-corrected chi connectivity index (χ1v) is 12.0. The number of benzene rings is 2. The van der Waals surface area contributed by atoms with Gasteiger partial charge < -0.3 is 4.74 Å². The molecule has 1 N–H and O–H groups in total.